The SMILES string of the molecule is CCCOC(=O)[C@H]1CC[C@H](C2CCC(CCC)CC2)CC1. The summed E-state index contributed by atoms with van der Waals surface area (Å²) in [7, 11) is 0. The largest absolute Gasteiger partial charge is 0.465 e. The summed E-state index contributed by atoms with van der Waals surface area (Å²) in [6.07, 6.45) is 14.2. The van der Waals surface area contributed by atoms with Crippen LogP contribution in [0, 0.1) is 23.7 Å². The van der Waals surface area contributed by atoms with Crippen molar-refractivity contribution in [2.75, 3.05) is 6.61 Å². The standard InChI is InChI=1S/C19H34O2/c1-3-5-15-6-8-16(9-7-15)17-10-12-18(13-11-17)19(20)21-14-4-2/h15-18H,3-14H2,1-2H3/t15?,16?,17-,18-. The van der Waals surface area contributed by atoms with Crippen molar-refractivity contribution in [2.24, 2.45) is 23.7 Å². The van der Waals surface area contributed by atoms with Crippen LogP contribution in [0.5, 0.6) is 0 Å². The van der Waals surface area contributed by atoms with Gasteiger partial charge in [-0.2, -0.15) is 0 Å². The lowest BCUT2D eigenvalue weighted by Crippen LogP contribution is -2.29. The monoisotopic (exact) mass is 294 g/mol. The average Bonchev–Trinajstić information content (AvgIpc) is 2.54. The molecule has 0 aromatic heterocycles. The van der Waals surface area contributed by atoms with Crippen molar-refractivity contribution in [3.63, 3.8) is 0 Å². The maximum atomic E-state index is 11.9. The van der Waals surface area contributed by atoms with Gasteiger partial charge in [0, 0.05) is 0 Å². The van der Waals surface area contributed by atoms with Gasteiger partial charge in [0.25, 0.3) is 0 Å². The van der Waals surface area contributed by atoms with Gasteiger partial charge in [0.1, 0.15) is 0 Å². The summed E-state index contributed by atoms with van der Waals surface area (Å²) >= 11 is 0. The number of rotatable bonds is 6. The fraction of sp³-hybridized carbons (Fsp3) is 0.947. The molecule has 2 saturated carbocycles. The zero-order valence-corrected chi connectivity index (χ0v) is 14.1. The molecule has 2 rings (SSSR count). The zero-order valence-electron chi connectivity index (χ0n) is 14.1. The molecule has 122 valence electrons. The number of carbonyl (C=O) groups excluding carboxylic acids is 1. The van der Waals surface area contributed by atoms with Gasteiger partial charge in [-0.15, -0.1) is 0 Å². The zero-order chi connectivity index (χ0) is 15.1. The average molecular weight is 294 g/mol. The minimum Gasteiger partial charge on any atom is -0.465 e. The Hall–Kier alpha value is -0.530. The van der Waals surface area contributed by atoms with Crippen molar-refractivity contribution in [1.82, 2.24) is 0 Å². The van der Waals surface area contributed by atoms with Crippen LogP contribution in [0.3, 0.4) is 0 Å². The van der Waals surface area contributed by atoms with Gasteiger partial charge < -0.3 is 4.74 Å². The third-order valence-corrected chi connectivity index (χ3v) is 5.81. The molecule has 2 fully saturated rings. The first-order chi connectivity index (χ1) is 10.2. The fourth-order valence-corrected chi connectivity index (χ4v) is 4.50. The van der Waals surface area contributed by atoms with Gasteiger partial charge in [-0.25, -0.2) is 0 Å². The van der Waals surface area contributed by atoms with Gasteiger partial charge >= 0.3 is 5.97 Å². The van der Waals surface area contributed by atoms with Crippen LogP contribution in [0.2, 0.25) is 0 Å². The number of ether oxygens (including phenoxy) is 1. The van der Waals surface area contributed by atoms with Crippen molar-refractivity contribution in [2.45, 2.75) is 84.5 Å². The minimum atomic E-state index is 0.0713. The third-order valence-electron chi connectivity index (χ3n) is 5.81. The highest BCUT2D eigenvalue weighted by Crippen LogP contribution is 2.42. The number of esters is 1. The third kappa shape index (κ3) is 5.00. The van der Waals surface area contributed by atoms with Crippen LogP contribution in [-0.2, 0) is 9.53 Å². The Bertz CT molecular complexity index is 297. The van der Waals surface area contributed by atoms with Gasteiger partial charge in [0.2, 0.25) is 0 Å². The van der Waals surface area contributed by atoms with E-state index in [1.54, 1.807) is 0 Å². The van der Waals surface area contributed by atoms with E-state index in [4.69, 9.17) is 4.74 Å². The highest BCUT2D eigenvalue weighted by atomic mass is 16.5. The molecule has 2 aliphatic rings. The molecule has 21 heavy (non-hydrogen) atoms. The van der Waals surface area contributed by atoms with Crippen LogP contribution in [0.4, 0.5) is 0 Å². The second-order valence-corrected chi connectivity index (χ2v) is 7.35. The van der Waals surface area contributed by atoms with E-state index in [2.05, 4.69) is 13.8 Å². The molecule has 0 heterocycles. The number of carbonyl (C=O) groups is 1. The molecule has 0 aromatic carbocycles. The van der Waals surface area contributed by atoms with Gasteiger partial charge in [-0.1, -0.05) is 39.5 Å². The van der Waals surface area contributed by atoms with Crippen LogP contribution in [0.1, 0.15) is 84.5 Å². The molecule has 0 unspecified atom stereocenters. The highest BCUT2D eigenvalue weighted by Gasteiger charge is 2.33. The summed E-state index contributed by atoms with van der Waals surface area (Å²) < 4.78 is 5.31. The molecule has 2 heteroatoms. The molecule has 2 nitrogen and oxygen atoms in total. The minimum absolute atomic E-state index is 0.0713. The predicted octanol–water partition coefficient (Wildman–Crippen LogP) is 5.35. The molecule has 0 bridgehead atoms. The molecule has 0 aliphatic heterocycles. The molecule has 2 aliphatic carbocycles. The molecule has 0 N–H and O–H groups in total. The van der Waals surface area contributed by atoms with Gasteiger partial charge in [0.15, 0.2) is 0 Å². The number of hydrogen-bond donors (Lipinski definition) is 0. The first-order valence-electron chi connectivity index (χ1n) is 9.41. The maximum Gasteiger partial charge on any atom is 0.308 e. The van der Waals surface area contributed by atoms with Crippen LogP contribution in [0.15, 0.2) is 0 Å². The van der Waals surface area contributed by atoms with Crippen molar-refractivity contribution >= 4 is 5.97 Å². The predicted molar refractivity (Wildman–Crippen MR) is 87.1 cm³/mol. The lowest BCUT2D eigenvalue weighted by Gasteiger charge is -2.37. The normalized spacial score (nSPS) is 33.6. The van der Waals surface area contributed by atoms with Crippen molar-refractivity contribution in [3.05, 3.63) is 0 Å². The summed E-state index contributed by atoms with van der Waals surface area (Å²) in [6.45, 7) is 4.96. The molecular formula is C19H34O2. The van der Waals surface area contributed by atoms with E-state index >= 15 is 0 Å². The Morgan fingerprint density at radius 3 is 1.95 bits per heavy atom. The van der Waals surface area contributed by atoms with Gasteiger partial charge in [-0.05, 0) is 62.7 Å². The fourth-order valence-electron chi connectivity index (χ4n) is 4.50. The van der Waals surface area contributed by atoms with Crippen LogP contribution < -0.4 is 0 Å². The van der Waals surface area contributed by atoms with Crippen LogP contribution >= 0.6 is 0 Å². The Morgan fingerprint density at radius 1 is 0.857 bits per heavy atom. The van der Waals surface area contributed by atoms with E-state index in [0.29, 0.717) is 6.61 Å². The van der Waals surface area contributed by atoms with Crippen LogP contribution in [0.25, 0.3) is 0 Å². The topological polar surface area (TPSA) is 26.3 Å². The molecular weight excluding hydrogens is 260 g/mol. The molecule has 0 spiro atoms. The number of hydrogen-bond acceptors (Lipinski definition) is 2. The summed E-state index contributed by atoms with van der Waals surface area (Å²) in [5, 5.41) is 0. The molecule has 0 amide bonds. The first kappa shape index (κ1) is 16.8. The van der Waals surface area contributed by atoms with E-state index < -0.39 is 0 Å². The van der Waals surface area contributed by atoms with Crippen molar-refractivity contribution < 1.29 is 9.53 Å². The quantitative estimate of drug-likeness (QED) is 0.617. The van der Waals surface area contributed by atoms with E-state index in [-0.39, 0.29) is 11.9 Å². The van der Waals surface area contributed by atoms with Crippen LogP contribution in [-0.4, -0.2) is 12.6 Å². The smallest absolute Gasteiger partial charge is 0.308 e. The highest BCUT2D eigenvalue weighted by molar-refractivity contribution is 5.72. The molecule has 0 aromatic rings. The summed E-state index contributed by atoms with van der Waals surface area (Å²) in [6, 6.07) is 0. The van der Waals surface area contributed by atoms with E-state index in [1.165, 1.54) is 51.4 Å². The second kappa shape index (κ2) is 8.80. The summed E-state index contributed by atoms with van der Waals surface area (Å²) in [4.78, 5) is 11.9. The van der Waals surface area contributed by atoms with Crippen molar-refractivity contribution in [1.29, 1.82) is 0 Å². The first-order valence-corrected chi connectivity index (χ1v) is 9.41. The van der Waals surface area contributed by atoms with Gasteiger partial charge in [0.05, 0.1) is 12.5 Å². The van der Waals surface area contributed by atoms with Crippen molar-refractivity contribution in [3.8, 4) is 0 Å². The summed E-state index contributed by atoms with van der Waals surface area (Å²) in [5.74, 6) is 3.12. The van der Waals surface area contributed by atoms with E-state index in [1.807, 2.05) is 0 Å². The molecule has 0 radical (unpaired) electrons. The Morgan fingerprint density at radius 2 is 1.43 bits per heavy atom. The lowest BCUT2D eigenvalue weighted by molar-refractivity contribution is -0.150. The molecule has 0 atom stereocenters. The molecule has 0 saturated heterocycles. The Balaban J connectivity index is 1.68. The van der Waals surface area contributed by atoms with E-state index in [9.17, 15) is 4.79 Å². The van der Waals surface area contributed by atoms with Gasteiger partial charge in [-0.3, -0.25) is 4.79 Å². The van der Waals surface area contributed by atoms with E-state index in [0.717, 1.165) is 37.0 Å². The summed E-state index contributed by atoms with van der Waals surface area (Å²) in [5.41, 5.74) is 0. The Labute approximate surface area is 131 Å². The second-order valence-electron chi connectivity index (χ2n) is 7.35. The lowest BCUT2D eigenvalue weighted by atomic mass is 9.69. The Kier molecular flexibility index (Phi) is 7.06. The maximum absolute atomic E-state index is 11.9.